The van der Waals surface area contributed by atoms with Crippen LogP contribution in [0.4, 0.5) is 14.5 Å². The van der Waals surface area contributed by atoms with Crippen molar-refractivity contribution < 1.29 is 13.2 Å². The number of halogens is 2. The number of hydrogen-bond donors (Lipinski definition) is 1. The van der Waals surface area contributed by atoms with Crippen LogP contribution in [0, 0.1) is 25.5 Å². The third kappa shape index (κ3) is 3.08. The Bertz CT molecular complexity index is 948. The zero-order valence-electron chi connectivity index (χ0n) is 12.7. The van der Waals surface area contributed by atoms with E-state index in [1.165, 1.54) is 18.2 Å². The molecule has 0 saturated carbocycles. The second-order valence-corrected chi connectivity index (χ2v) is 5.50. The van der Waals surface area contributed by atoms with Crippen LogP contribution in [-0.2, 0) is 6.54 Å². The van der Waals surface area contributed by atoms with Crippen LogP contribution in [0.3, 0.4) is 0 Å². The van der Waals surface area contributed by atoms with Crippen molar-refractivity contribution in [2.24, 2.45) is 0 Å². The second kappa shape index (κ2) is 5.83. The van der Waals surface area contributed by atoms with Gasteiger partial charge >= 0.3 is 5.63 Å². The van der Waals surface area contributed by atoms with E-state index in [1.807, 2.05) is 26.0 Å². The van der Waals surface area contributed by atoms with E-state index in [9.17, 15) is 13.6 Å². The molecule has 0 spiro atoms. The molecular weight excluding hydrogens is 300 g/mol. The van der Waals surface area contributed by atoms with Gasteiger partial charge in [0.2, 0.25) is 0 Å². The first-order valence-corrected chi connectivity index (χ1v) is 7.17. The van der Waals surface area contributed by atoms with Crippen molar-refractivity contribution in [1.29, 1.82) is 0 Å². The summed E-state index contributed by atoms with van der Waals surface area (Å²) in [6.07, 6.45) is 0. The second-order valence-electron chi connectivity index (χ2n) is 5.50. The molecule has 0 aliphatic rings. The molecule has 5 heteroatoms. The Balaban J connectivity index is 1.99. The summed E-state index contributed by atoms with van der Waals surface area (Å²) in [6, 6.07) is 8.45. The highest BCUT2D eigenvalue weighted by atomic mass is 19.1. The Morgan fingerprint density at radius 3 is 2.52 bits per heavy atom. The van der Waals surface area contributed by atoms with E-state index < -0.39 is 17.3 Å². The first kappa shape index (κ1) is 15.2. The molecule has 0 amide bonds. The number of rotatable bonds is 3. The van der Waals surface area contributed by atoms with Crippen LogP contribution in [-0.4, -0.2) is 0 Å². The van der Waals surface area contributed by atoms with E-state index >= 15 is 0 Å². The van der Waals surface area contributed by atoms with Crippen molar-refractivity contribution in [2.45, 2.75) is 20.4 Å². The standard InChI is InChI=1S/C18H15F2NO2/c1-10-5-14-12(7-18(22)23-17(14)6-11(10)2)9-21-16-4-3-13(19)8-15(16)20/h3-8,21H,9H2,1-2H3. The number of fused-ring (bicyclic) bond motifs is 1. The Morgan fingerprint density at radius 2 is 1.78 bits per heavy atom. The predicted molar refractivity (Wildman–Crippen MR) is 85.6 cm³/mol. The SMILES string of the molecule is Cc1cc2oc(=O)cc(CNc3ccc(F)cc3F)c2cc1C. The van der Waals surface area contributed by atoms with Crippen LogP contribution in [0.5, 0.6) is 0 Å². The van der Waals surface area contributed by atoms with Crippen LogP contribution < -0.4 is 10.9 Å². The zero-order valence-corrected chi connectivity index (χ0v) is 12.7. The molecule has 0 bridgehead atoms. The molecule has 0 radical (unpaired) electrons. The van der Waals surface area contributed by atoms with Gasteiger partial charge in [0.25, 0.3) is 0 Å². The zero-order chi connectivity index (χ0) is 16.6. The highest BCUT2D eigenvalue weighted by molar-refractivity contribution is 5.82. The Morgan fingerprint density at radius 1 is 1.04 bits per heavy atom. The van der Waals surface area contributed by atoms with Gasteiger partial charge < -0.3 is 9.73 Å². The average Bonchev–Trinajstić information content (AvgIpc) is 2.48. The molecule has 23 heavy (non-hydrogen) atoms. The van der Waals surface area contributed by atoms with Crippen LogP contribution in [0.2, 0.25) is 0 Å². The van der Waals surface area contributed by atoms with Crippen molar-refractivity contribution >= 4 is 16.7 Å². The van der Waals surface area contributed by atoms with Gasteiger partial charge in [0, 0.05) is 24.1 Å². The maximum absolute atomic E-state index is 13.7. The lowest BCUT2D eigenvalue weighted by molar-refractivity contribution is 0.558. The molecule has 3 nitrogen and oxygen atoms in total. The van der Waals surface area contributed by atoms with Crippen molar-refractivity contribution in [2.75, 3.05) is 5.32 Å². The molecule has 118 valence electrons. The van der Waals surface area contributed by atoms with E-state index in [1.54, 1.807) is 0 Å². The van der Waals surface area contributed by atoms with Gasteiger partial charge in [-0.2, -0.15) is 0 Å². The molecule has 0 atom stereocenters. The Hall–Kier alpha value is -2.69. The van der Waals surface area contributed by atoms with Gasteiger partial charge in [-0.1, -0.05) is 0 Å². The smallest absolute Gasteiger partial charge is 0.336 e. The van der Waals surface area contributed by atoms with E-state index in [-0.39, 0.29) is 12.2 Å². The maximum Gasteiger partial charge on any atom is 0.336 e. The molecule has 0 fully saturated rings. The Labute approximate surface area is 131 Å². The fraction of sp³-hybridized carbons (Fsp3) is 0.167. The van der Waals surface area contributed by atoms with Crippen molar-refractivity contribution in [3.63, 3.8) is 0 Å². The van der Waals surface area contributed by atoms with Gasteiger partial charge in [-0.3, -0.25) is 0 Å². The van der Waals surface area contributed by atoms with Gasteiger partial charge in [-0.15, -0.1) is 0 Å². The first-order chi connectivity index (χ1) is 10.9. The molecule has 0 aliphatic heterocycles. The summed E-state index contributed by atoms with van der Waals surface area (Å²) in [6.45, 7) is 4.14. The first-order valence-electron chi connectivity index (χ1n) is 7.17. The lowest BCUT2D eigenvalue weighted by atomic mass is 10.0. The lowest BCUT2D eigenvalue weighted by Crippen LogP contribution is -2.07. The van der Waals surface area contributed by atoms with Gasteiger partial charge in [-0.05, 0) is 54.8 Å². The molecular formula is C18H15F2NO2. The van der Waals surface area contributed by atoms with E-state index in [0.29, 0.717) is 11.1 Å². The van der Waals surface area contributed by atoms with Crippen LogP contribution in [0.1, 0.15) is 16.7 Å². The topological polar surface area (TPSA) is 42.2 Å². The van der Waals surface area contributed by atoms with E-state index in [0.717, 1.165) is 22.6 Å². The summed E-state index contributed by atoms with van der Waals surface area (Å²) in [5.41, 5.74) is 3.00. The fourth-order valence-electron chi connectivity index (χ4n) is 2.45. The molecule has 1 aromatic heterocycles. The van der Waals surface area contributed by atoms with Gasteiger partial charge in [-0.25, -0.2) is 13.6 Å². The summed E-state index contributed by atoms with van der Waals surface area (Å²) in [7, 11) is 0. The highest BCUT2D eigenvalue weighted by Gasteiger charge is 2.09. The minimum Gasteiger partial charge on any atom is -0.423 e. The third-order valence-corrected chi connectivity index (χ3v) is 3.84. The van der Waals surface area contributed by atoms with Crippen LogP contribution in [0.25, 0.3) is 11.0 Å². The Kier molecular flexibility index (Phi) is 3.86. The number of anilines is 1. The summed E-state index contributed by atoms with van der Waals surface area (Å²) >= 11 is 0. The molecule has 0 aliphatic carbocycles. The summed E-state index contributed by atoms with van der Waals surface area (Å²) in [4.78, 5) is 11.7. The number of nitrogens with one attached hydrogen (secondary N) is 1. The number of benzene rings is 2. The summed E-state index contributed by atoms with van der Waals surface area (Å²) < 4.78 is 31.8. The maximum atomic E-state index is 13.7. The van der Waals surface area contributed by atoms with Crippen LogP contribution >= 0.6 is 0 Å². The molecule has 1 N–H and O–H groups in total. The molecule has 0 saturated heterocycles. The normalized spacial score (nSPS) is 11.0. The lowest BCUT2D eigenvalue weighted by Gasteiger charge is -2.11. The van der Waals surface area contributed by atoms with Crippen LogP contribution in [0.15, 0.2) is 45.6 Å². The van der Waals surface area contributed by atoms with Crippen molar-refractivity contribution in [3.05, 3.63) is 75.1 Å². The number of hydrogen-bond acceptors (Lipinski definition) is 3. The van der Waals surface area contributed by atoms with E-state index in [4.69, 9.17) is 4.42 Å². The summed E-state index contributed by atoms with van der Waals surface area (Å²) in [5.74, 6) is -1.31. The molecule has 1 heterocycles. The van der Waals surface area contributed by atoms with Gasteiger partial charge in [0.1, 0.15) is 17.2 Å². The van der Waals surface area contributed by atoms with Gasteiger partial charge in [0.15, 0.2) is 0 Å². The molecule has 0 unspecified atom stereocenters. The van der Waals surface area contributed by atoms with E-state index in [2.05, 4.69) is 5.32 Å². The van der Waals surface area contributed by atoms with Gasteiger partial charge in [0.05, 0.1) is 5.69 Å². The quantitative estimate of drug-likeness (QED) is 0.733. The summed E-state index contributed by atoms with van der Waals surface area (Å²) in [5, 5.41) is 3.68. The number of aryl methyl sites for hydroxylation is 2. The molecule has 3 rings (SSSR count). The van der Waals surface area contributed by atoms with Crippen molar-refractivity contribution in [1.82, 2.24) is 0 Å². The third-order valence-electron chi connectivity index (χ3n) is 3.84. The molecule has 2 aromatic carbocycles. The van der Waals surface area contributed by atoms with Crippen molar-refractivity contribution in [3.8, 4) is 0 Å². The average molecular weight is 315 g/mol. The largest absolute Gasteiger partial charge is 0.423 e. The minimum absolute atomic E-state index is 0.177. The molecule has 3 aromatic rings. The fourth-order valence-corrected chi connectivity index (χ4v) is 2.45. The minimum atomic E-state index is -0.677. The monoisotopic (exact) mass is 315 g/mol. The predicted octanol–water partition coefficient (Wildman–Crippen LogP) is 4.30. The highest BCUT2D eigenvalue weighted by Crippen LogP contribution is 2.23.